The smallest absolute Gasteiger partial charge is 1.00 e. The van der Waals surface area contributed by atoms with Gasteiger partial charge in [0.15, 0.2) is 0 Å². The monoisotopic (exact) mass is 588 g/mol. The summed E-state index contributed by atoms with van der Waals surface area (Å²) in [6.07, 6.45) is 10.00. The average molecular weight is 591 g/mol. The fraction of sp³-hybridized carbons (Fsp3) is 0.467. The molecule has 2 atom stereocenters. The van der Waals surface area contributed by atoms with Crippen LogP contribution >= 0.6 is 0 Å². The third-order valence-electron chi connectivity index (χ3n) is 7.51. The minimum absolute atomic E-state index is 0. The maximum atomic E-state index is 2.64. The molecule has 0 nitrogen and oxygen atoms in total. The van der Waals surface area contributed by atoms with Crippen LogP contribution in [-0.4, -0.2) is 5.43 Å². The molecule has 4 rings (SSSR count). The minimum Gasteiger partial charge on any atom is -1.00 e. The summed E-state index contributed by atoms with van der Waals surface area (Å²) >= 11 is -1.93. The van der Waals surface area contributed by atoms with Crippen molar-refractivity contribution in [1.82, 2.24) is 0 Å². The average Bonchev–Trinajstić information content (AvgIpc) is 3.21. The fourth-order valence-electron chi connectivity index (χ4n) is 6.23. The number of rotatable bonds is 6. The Morgan fingerprint density at radius 1 is 0.676 bits per heavy atom. The molecule has 2 aromatic rings. The summed E-state index contributed by atoms with van der Waals surface area (Å²) in [5.74, 6) is 0. The van der Waals surface area contributed by atoms with Gasteiger partial charge < -0.3 is 24.8 Å². The summed E-state index contributed by atoms with van der Waals surface area (Å²) in [5.41, 5.74) is 15.6. The van der Waals surface area contributed by atoms with Crippen LogP contribution in [0, 0.1) is 13.8 Å². The Kier molecular flexibility index (Phi) is 10.7. The second-order valence-electron chi connectivity index (χ2n) is 10.4. The molecule has 2 unspecified atom stereocenters. The van der Waals surface area contributed by atoms with Crippen LogP contribution in [0.25, 0.3) is 12.2 Å². The van der Waals surface area contributed by atoms with Crippen molar-refractivity contribution in [3.05, 3.63) is 79.9 Å². The Labute approximate surface area is 228 Å². The normalized spacial score (nSPS) is 17.5. The zero-order valence-electron chi connectivity index (χ0n) is 22.2. The van der Waals surface area contributed by atoms with Crippen molar-refractivity contribution in [3.8, 4) is 0 Å². The standard InChI is InChI=1S/2C14H17.C2H6Si.2ClH.Zr/c2*1-4-5-12-8-11(3)14-7-10(2)6-13(14)9-12;1-3-2;;;/h2*6-9H,4-5H2,1-3H3;1-2H3;2*1H;/q;;;;;+2/p-2. The molecule has 2 aliphatic rings. The van der Waals surface area contributed by atoms with Gasteiger partial charge in [0.05, 0.1) is 0 Å². The van der Waals surface area contributed by atoms with Gasteiger partial charge >= 0.3 is 205 Å². The first-order chi connectivity index (χ1) is 15.3. The summed E-state index contributed by atoms with van der Waals surface area (Å²) in [5, 5.41) is 0. The van der Waals surface area contributed by atoms with Crippen LogP contribution in [0.4, 0.5) is 0 Å². The second kappa shape index (κ2) is 12.2. The Bertz CT molecular complexity index is 1080. The zero-order chi connectivity index (χ0) is 23.2. The third-order valence-corrected chi connectivity index (χ3v) is 27.4. The number of fused-ring (bicyclic) bond motifs is 2. The van der Waals surface area contributed by atoms with Crippen LogP contribution in [0.2, 0.25) is 13.1 Å². The topological polar surface area (TPSA) is 0 Å². The number of allylic oxidation sites excluding steroid dienone is 2. The van der Waals surface area contributed by atoms with Gasteiger partial charge in [-0.2, -0.15) is 0 Å². The van der Waals surface area contributed by atoms with Gasteiger partial charge in [0, 0.05) is 0 Å². The van der Waals surface area contributed by atoms with Crippen molar-refractivity contribution in [2.24, 2.45) is 0 Å². The van der Waals surface area contributed by atoms with Gasteiger partial charge in [-0.25, -0.2) is 0 Å². The number of hydrogen-bond acceptors (Lipinski definition) is 0. The van der Waals surface area contributed by atoms with E-state index >= 15 is 0 Å². The molecule has 2 aliphatic carbocycles. The summed E-state index contributed by atoms with van der Waals surface area (Å²) < 4.78 is 1.50. The Morgan fingerprint density at radius 2 is 1.06 bits per heavy atom. The predicted molar refractivity (Wildman–Crippen MR) is 141 cm³/mol. The van der Waals surface area contributed by atoms with Crippen molar-refractivity contribution >= 4 is 17.6 Å². The zero-order valence-corrected chi connectivity index (χ0v) is 27.2. The van der Waals surface area contributed by atoms with Gasteiger partial charge in [-0.3, -0.25) is 0 Å². The van der Waals surface area contributed by atoms with Crippen molar-refractivity contribution in [3.63, 3.8) is 0 Å². The van der Waals surface area contributed by atoms with Crippen molar-refractivity contribution in [1.29, 1.82) is 0 Å². The first-order valence-corrected chi connectivity index (χ1v) is 21.6. The Hall–Kier alpha value is -0.400. The largest absolute Gasteiger partial charge is 1.00 e. The van der Waals surface area contributed by atoms with Crippen LogP contribution in [-0.2, 0) is 33.2 Å². The summed E-state index contributed by atoms with van der Waals surface area (Å²) in [6, 6.07) is 10.1. The molecule has 34 heavy (non-hydrogen) atoms. The van der Waals surface area contributed by atoms with Crippen molar-refractivity contribution in [2.75, 3.05) is 0 Å². The molecule has 0 spiro atoms. The van der Waals surface area contributed by atoms with Crippen LogP contribution in [0.3, 0.4) is 0 Å². The van der Waals surface area contributed by atoms with Crippen molar-refractivity contribution in [2.45, 2.75) is 87.6 Å². The number of hydrogen-bond donors (Lipinski definition) is 0. The molecule has 0 radical (unpaired) electrons. The molecule has 0 saturated carbocycles. The molecule has 0 saturated heterocycles. The molecule has 0 heterocycles. The van der Waals surface area contributed by atoms with Gasteiger partial charge in [0.2, 0.25) is 0 Å². The van der Waals surface area contributed by atoms with Gasteiger partial charge in [-0.05, 0) is 0 Å². The van der Waals surface area contributed by atoms with E-state index in [-0.39, 0.29) is 30.2 Å². The van der Waals surface area contributed by atoms with E-state index < -0.39 is 20.4 Å². The van der Waals surface area contributed by atoms with Crippen LogP contribution in [0.1, 0.15) is 92.3 Å². The van der Waals surface area contributed by atoms with Gasteiger partial charge in [0.1, 0.15) is 0 Å². The third kappa shape index (κ3) is 5.46. The molecule has 0 amide bonds. The van der Waals surface area contributed by atoms with E-state index in [0.717, 1.165) is 7.25 Å². The molecule has 4 heteroatoms. The van der Waals surface area contributed by atoms with E-state index in [2.05, 4.69) is 91.1 Å². The molecule has 0 bridgehead atoms. The predicted octanol–water partition coefficient (Wildman–Crippen LogP) is 2.70. The summed E-state index contributed by atoms with van der Waals surface area (Å²) in [6.45, 7) is 19.5. The summed E-state index contributed by atoms with van der Waals surface area (Å²) in [4.78, 5) is 0. The van der Waals surface area contributed by atoms with Gasteiger partial charge in [-0.1, -0.05) is 0 Å². The van der Waals surface area contributed by atoms with Crippen LogP contribution in [0.15, 0.2) is 35.4 Å². The number of aryl methyl sites for hydroxylation is 4. The number of halogens is 2. The molecule has 0 aliphatic heterocycles. The Balaban J connectivity index is 0.00000204. The Morgan fingerprint density at radius 3 is 1.38 bits per heavy atom. The van der Waals surface area contributed by atoms with Crippen LogP contribution < -0.4 is 24.8 Å². The van der Waals surface area contributed by atoms with E-state index in [1.165, 1.54) is 36.8 Å². The van der Waals surface area contributed by atoms with Gasteiger partial charge in [0.25, 0.3) is 0 Å². The second-order valence-corrected chi connectivity index (χ2v) is 28.3. The fourth-order valence-corrected chi connectivity index (χ4v) is 26.9. The quantitative estimate of drug-likeness (QED) is 0.454. The maximum Gasteiger partial charge on any atom is -1.00 e. The maximum absolute atomic E-state index is 2.64. The van der Waals surface area contributed by atoms with E-state index in [9.17, 15) is 0 Å². The SMILES string of the molecule is CCCc1cc(C)c2c(c1)[CH]([Zr+2]([CH]1C(C)=Cc3c(C)cc(CCC)cc31)=[Si](C)C)C(C)=C2.[Cl-].[Cl-]. The molecule has 0 fully saturated rings. The van der Waals surface area contributed by atoms with E-state index in [1.54, 1.807) is 44.5 Å². The van der Waals surface area contributed by atoms with E-state index in [1.807, 2.05) is 0 Å². The van der Waals surface area contributed by atoms with Crippen LogP contribution in [0.5, 0.6) is 0 Å². The first kappa shape index (κ1) is 29.8. The summed E-state index contributed by atoms with van der Waals surface area (Å²) in [7, 11) is 0. The van der Waals surface area contributed by atoms with Crippen molar-refractivity contribution < 1.29 is 45.2 Å². The van der Waals surface area contributed by atoms with E-state index in [4.69, 9.17) is 0 Å². The molecule has 0 aromatic heterocycles. The number of benzene rings is 2. The molecule has 0 N–H and O–H groups in total. The minimum atomic E-state index is -1.93. The molecular weight excluding hydrogens is 551 g/mol. The molecular formula is C30H40Cl2SiZr. The molecule has 2 aromatic carbocycles. The van der Waals surface area contributed by atoms with Gasteiger partial charge in [-0.15, -0.1) is 0 Å². The van der Waals surface area contributed by atoms with E-state index in [0.29, 0.717) is 0 Å². The molecule has 182 valence electrons. The first-order valence-electron chi connectivity index (χ1n) is 12.6.